The molecule has 2 saturated carbocycles. The normalized spacial score (nSPS) is 22.7. The Kier molecular flexibility index (Phi) is 6.55. The van der Waals surface area contributed by atoms with Crippen molar-refractivity contribution in [1.29, 1.82) is 0 Å². The fraction of sp³-hybridized carbons (Fsp3) is 0.615. The minimum Gasteiger partial charge on any atom is -0.376 e. The SMILES string of the molecule is CC1CCC(Cn2c(C(C)(O)c3cscn3)nc3nc(-c4noc(=O)[nH]4)nc(N[C@H](C)C4CCC4)c32)CC1. The Labute approximate surface area is 224 Å². The zero-order valence-electron chi connectivity index (χ0n) is 22.0. The van der Waals surface area contributed by atoms with Crippen molar-refractivity contribution in [3.05, 3.63) is 33.0 Å². The number of fused-ring (bicyclic) bond motifs is 1. The Balaban J connectivity index is 1.52. The molecular weight excluding hydrogens is 504 g/mol. The highest BCUT2D eigenvalue weighted by molar-refractivity contribution is 7.07. The van der Waals surface area contributed by atoms with Gasteiger partial charge in [0.05, 0.1) is 11.2 Å². The number of aromatic nitrogens is 7. The number of aromatic amines is 1. The first-order valence-corrected chi connectivity index (χ1v) is 14.5. The molecule has 0 spiro atoms. The number of hydrogen-bond donors (Lipinski definition) is 3. The number of hydrogen-bond acceptors (Lipinski definition) is 10. The lowest BCUT2D eigenvalue weighted by molar-refractivity contribution is 0.0827. The number of nitrogens with one attached hydrogen (secondary N) is 2. The molecule has 0 aromatic carbocycles. The molecule has 2 aliphatic carbocycles. The summed E-state index contributed by atoms with van der Waals surface area (Å²) in [6.07, 6.45) is 8.22. The van der Waals surface area contributed by atoms with E-state index in [1.54, 1.807) is 12.4 Å². The third-order valence-corrected chi connectivity index (χ3v) is 9.01. The van der Waals surface area contributed by atoms with Gasteiger partial charge in [-0.3, -0.25) is 9.51 Å². The van der Waals surface area contributed by atoms with E-state index >= 15 is 0 Å². The Morgan fingerprint density at radius 3 is 2.66 bits per heavy atom. The fourth-order valence-electron chi connectivity index (χ4n) is 5.73. The van der Waals surface area contributed by atoms with E-state index in [0.29, 0.717) is 41.4 Å². The zero-order valence-corrected chi connectivity index (χ0v) is 22.8. The minimum absolute atomic E-state index is 0.139. The Bertz CT molecular complexity index is 1460. The smallest absolute Gasteiger partial charge is 0.376 e. The van der Waals surface area contributed by atoms with Crippen molar-refractivity contribution in [3.63, 3.8) is 0 Å². The first-order valence-electron chi connectivity index (χ1n) is 13.5. The average molecular weight is 539 g/mol. The first kappa shape index (κ1) is 25.2. The molecule has 38 heavy (non-hydrogen) atoms. The highest BCUT2D eigenvalue weighted by Gasteiger charge is 2.37. The number of H-pyrrole nitrogens is 1. The fourth-order valence-corrected chi connectivity index (χ4v) is 6.38. The lowest BCUT2D eigenvalue weighted by Crippen LogP contribution is -2.32. The molecule has 0 amide bonds. The van der Waals surface area contributed by atoms with E-state index in [4.69, 9.17) is 14.5 Å². The van der Waals surface area contributed by atoms with Crippen LogP contribution in [0.15, 0.2) is 20.2 Å². The number of imidazole rings is 1. The predicted molar refractivity (Wildman–Crippen MR) is 144 cm³/mol. The van der Waals surface area contributed by atoms with Crippen LogP contribution in [0.4, 0.5) is 5.82 Å². The van der Waals surface area contributed by atoms with E-state index < -0.39 is 11.4 Å². The molecule has 4 aromatic rings. The largest absolute Gasteiger partial charge is 0.439 e. The van der Waals surface area contributed by atoms with Crippen molar-refractivity contribution < 1.29 is 9.63 Å². The third kappa shape index (κ3) is 4.64. The topological polar surface area (TPSA) is 148 Å². The second-order valence-corrected chi connectivity index (χ2v) is 12.0. The molecule has 0 aliphatic heterocycles. The minimum atomic E-state index is -1.43. The van der Waals surface area contributed by atoms with Crippen LogP contribution in [0.5, 0.6) is 0 Å². The summed E-state index contributed by atoms with van der Waals surface area (Å²) in [4.78, 5) is 33.0. The highest BCUT2D eigenvalue weighted by atomic mass is 32.1. The first-order chi connectivity index (χ1) is 18.3. The summed E-state index contributed by atoms with van der Waals surface area (Å²) in [5.74, 6) is 2.52. The Morgan fingerprint density at radius 2 is 2.03 bits per heavy atom. The summed E-state index contributed by atoms with van der Waals surface area (Å²) in [6, 6.07) is 0.187. The van der Waals surface area contributed by atoms with Crippen LogP contribution in [-0.4, -0.2) is 45.8 Å². The van der Waals surface area contributed by atoms with Gasteiger partial charge < -0.3 is 15.0 Å². The van der Waals surface area contributed by atoms with Gasteiger partial charge in [-0.1, -0.05) is 31.3 Å². The van der Waals surface area contributed by atoms with E-state index in [9.17, 15) is 9.90 Å². The van der Waals surface area contributed by atoms with Gasteiger partial charge in [-0.25, -0.2) is 24.7 Å². The summed E-state index contributed by atoms with van der Waals surface area (Å²) in [5.41, 5.74) is 2.00. The van der Waals surface area contributed by atoms with E-state index in [1.807, 2.05) is 5.38 Å². The molecule has 4 heterocycles. The summed E-state index contributed by atoms with van der Waals surface area (Å²) in [5, 5.41) is 21.1. The molecule has 2 atom stereocenters. The van der Waals surface area contributed by atoms with Crippen LogP contribution in [-0.2, 0) is 12.1 Å². The average Bonchev–Trinajstić information content (AvgIpc) is 3.60. The van der Waals surface area contributed by atoms with Crippen molar-refractivity contribution in [2.24, 2.45) is 17.8 Å². The predicted octanol–water partition coefficient (Wildman–Crippen LogP) is 4.31. The molecule has 0 radical (unpaired) electrons. The molecule has 0 bridgehead atoms. The van der Waals surface area contributed by atoms with Gasteiger partial charge in [-0.2, -0.15) is 0 Å². The number of thiazole rings is 1. The Morgan fingerprint density at radius 1 is 1.24 bits per heavy atom. The van der Waals surface area contributed by atoms with E-state index in [2.05, 4.69) is 43.8 Å². The summed E-state index contributed by atoms with van der Waals surface area (Å²) in [6.45, 7) is 6.92. The lowest BCUT2D eigenvalue weighted by atomic mass is 9.80. The molecule has 2 fully saturated rings. The molecular formula is C26H34N8O3S. The van der Waals surface area contributed by atoms with Gasteiger partial charge >= 0.3 is 5.76 Å². The van der Waals surface area contributed by atoms with Crippen LogP contribution in [0.1, 0.15) is 77.2 Å². The van der Waals surface area contributed by atoms with Crippen molar-refractivity contribution >= 4 is 28.3 Å². The van der Waals surface area contributed by atoms with Gasteiger partial charge in [0.2, 0.25) is 11.6 Å². The quantitative estimate of drug-likeness (QED) is 0.298. The maximum Gasteiger partial charge on any atom is 0.439 e. The summed E-state index contributed by atoms with van der Waals surface area (Å²) < 4.78 is 6.82. The van der Waals surface area contributed by atoms with Crippen molar-refractivity contribution in [3.8, 4) is 11.6 Å². The number of anilines is 1. The van der Waals surface area contributed by atoms with Crippen molar-refractivity contribution in [2.45, 2.75) is 83.9 Å². The maximum absolute atomic E-state index is 11.8. The molecule has 2 aliphatic rings. The van der Waals surface area contributed by atoms with E-state index in [1.165, 1.54) is 43.4 Å². The number of nitrogens with zero attached hydrogens (tertiary/aromatic N) is 6. The van der Waals surface area contributed by atoms with E-state index in [-0.39, 0.29) is 17.7 Å². The highest BCUT2D eigenvalue weighted by Crippen LogP contribution is 2.38. The van der Waals surface area contributed by atoms with Crippen LogP contribution in [0, 0.1) is 17.8 Å². The Hall–Kier alpha value is -3.12. The summed E-state index contributed by atoms with van der Waals surface area (Å²) >= 11 is 1.43. The van der Waals surface area contributed by atoms with Crippen molar-refractivity contribution in [1.82, 2.24) is 34.6 Å². The molecule has 12 heteroatoms. The van der Waals surface area contributed by atoms with Crippen LogP contribution >= 0.6 is 11.3 Å². The number of rotatable bonds is 8. The maximum atomic E-state index is 11.8. The standard InChI is InChI=1S/C26H34N8O3S/c1-14-7-9-16(10-8-14)11-34-19-20(28-15(2)17-5-4-6-17)29-22(23-32-25(35)37-33-23)30-21(19)31-24(34)26(3,36)18-12-38-13-27-18/h12-17,36H,4-11H2,1-3H3,(H,28,29,30)(H,32,33,35)/t14?,15-,16?,26?/m1/s1. The molecule has 0 saturated heterocycles. The van der Waals surface area contributed by atoms with Gasteiger partial charge in [0, 0.05) is 18.0 Å². The molecule has 11 nitrogen and oxygen atoms in total. The molecule has 4 aromatic heterocycles. The lowest BCUT2D eigenvalue weighted by Gasteiger charge is -2.32. The van der Waals surface area contributed by atoms with Crippen LogP contribution < -0.4 is 11.1 Å². The summed E-state index contributed by atoms with van der Waals surface area (Å²) in [7, 11) is 0. The molecule has 1 unspecified atom stereocenters. The van der Waals surface area contributed by atoms with Gasteiger partial charge in [0.1, 0.15) is 11.3 Å². The second-order valence-electron chi connectivity index (χ2n) is 11.3. The molecule has 3 N–H and O–H groups in total. The monoisotopic (exact) mass is 538 g/mol. The van der Waals surface area contributed by atoms with E-state index in [0.717, 1.165) is 24.3 Å². The van der Waals surface area contributed by atoms with Gasteiger partial charge in [0.15, 0.2) is 17.1 Å². The number of aliphatic hydroxyl groups is 1. The van der Waals surface area contributed by atoms with Crippen LogP contribution in [0.25, 0.3) is 22.8 Å². The van der Waals surface area contributed by atoms with Crippen LogP contribution in [0.2, 0.25) is 0 Å². The molecule has 6 rings (SSSR count). The zero-order chi connectivity index (χ0) is 26.4. The molecule has 202 valence electrons. The van der Waals surface area contributed by atoms with Gasteiger partial charge in [-0.05, 0) is 57.3 Å². The van der Waals surface area contributed by atoms with Crippen LogP contribution in [0.3, 0.4) is 0 Å². The van der Waals surface area contributed by atoms with Gasteiger partial charge in [-0.15, -0.1) is 11.3 Å². The second kappa shape index (κ2) is 9.88. The van der Waals surface area contributed by atoms with Gasteiger partial charge in [0.25, 0.3) is 0 Å². The van der Waals surface area contributed by atoms with Crippen molar-refractivity contribution in [2.75, 3.05) is 5.32 Å². The third-order valence-electron chi connectivity index (χ3n) is 8.42.